The lowest BCUT2D eigenvalue weighted by molar-refractivity contribution is -0.118. The van der Waals surface area contributed by atoms with Gasteiger partial charge in [-0.2, -0.15) is 0 Å². The van der Waals surface area contributed by atoms with Gasteiger partial charge in [0.05, 0.1) is 22.7 Å². The first-order valence-corrected chi connectivity index (χ1v) is 10.6. The molecule has 0 saturated carbocycles. The van der Waals surface area contributed by atoms with E-state index in [9.17, 15) is 13.2 Å². The van der Waals surface area contributed by atoms with Gasteiger partial charge in [0.2, 0.25) is 10.0 Å². The van der Waals surface area contributed by atoms with Crippen molar-refractivity contribution >= 4 is 44.8 Å². The van der Waals surface area contributed by atoms with Gasteiger partial charge in [-0.15, -0.1) is 0 Å². The van der Waals surface area contributed by atoms with Crippen molar-refractivity contribution in [1.82, 2.24) is 4.72 Å². The van der Waals surface area contributed by atoms with E-state index in [-0.39, 0.29) is 18.0 Å². The molecule has 152 valence electrons. The van der Waals surface area contributed by atoms with Crippen molar-refractivity contribution in [1.29, 1.82) is 0 Å². The molecule has 3 rings (SSSR count). The van der Waals surface area contributed by atoms with Crippen molar-refractivity contribution in [3.8, 4) is 5.75 Å². The second kappa shape index (κ2) is 9.32. The van der Waals surface area contributed by atoms with E-state index in [4.69, 9.17) is 32.4 Å². The summed E-state index contributed by atoms with van der Waals surface area (Å²) in [6.07, 6.45) is 1.46. The zero-order valence-electron chi connectivity index (χ0n) is 14.9. The fourth-order valence-electron chi connectivity index (χ4n) is 2.31. The molecule has 1 amide bonds. The van der Waals surface area contributed by atoms with Crippen LogP contribution < -0.4 is 14.8 Å². The number of sulfonamides is 1. The summed E-state index contributed by atoms with van der Waals surface area (Å²) in [6.45, 7) is -0.232. The number of carbonyl (C=O) groups is 1. The Morgan fingerprint density at radius 3 is 2.48 bits per heavy atom. The first-order chi connectivity index (χ1) is 13.8. The van der Waals surface area contributed by atoms with Crippen molar-refractivity contribution in [2.75, 3.05) is 11.9 Å². The average Bonchev–Trinajstić information content (AvgIpc) is 3.20. The van der Waals surface area contributed by atoms with E-state index in [0.29, 0.717) is 27.2 Å². The summed E-state index contributed by atoms with van der Waals surface area (Å²) in [5.74, 6) is 0.399. The third kappa shape index (κ3) is 5.98. The minimum Gasteiger partial charge on any atom is -0.482 e. The lowest BCUT2D eigenvalue weighted by Gasteiger charge is -2.10. The van der Waals surface area contributed by atoms with Crippen molar-refractivity contribution in [3.05, 3.63) is 76.7 Å². The van der Waals surface area contributed by atoms with Crippen LogP contribution in [0.4, 0.5) is 5.69 Å². The Morgan fingerprint density at radius 1 is 1.07 bits per heavy atom. The Kier molecular flexibility index (Phi) is 6.81. The number of rotatable bonds is 8. The number of anilines is 1. The molecule has 2 N–H and O–H groups in total. The smallest absolute Gasteiger partial charge is 0.262 e. The molecule has 0 unspecified atom stereocenters. The fourth-order valence-corrected chi connectivity index (χ4v) is 3.77. The molecule has 0 aliphatic carbocycles. The largest absolute Gasteiger partial charge is 0.482 e. The van der Waals surface area contributed by atoms with Crippen LogP contribution in [0, 0.1) is 0 Å². The molecule has 7 nitrogen and oxygen atoms in total. The Bertz CT molecular complexity index is 1080. The zero-order chi connectivity index (χ0) is 20.9. The van der Waals surface area contributed by atoms with Crippen LogP contribution in [0.5, 0.6) is 5.75 Å². The number of ether oxygens (including phenoxy) is 1. The molecule has 0 aliphatic heterocycles. The molecule has 0 bridgehead atoms. The van der Waals surface area contributed by atoms with Crippen LogP contribution in [-0.2, 0) is 21.4 Å². The molecule has 0 fully saturated rings. The number of amides is 1. The monoisotopic (exact) mass is 454 g/mol. The van der Waals surface area contributed by atoms with Gasteiger partial charge in [-0.3, -0.25) is 4.79 Å². The quantitative estimate of drug-likeness (QED) is 0.534. The maximum atomic E-state index is 12.3. The Balaban J connectivity index is 1.54. The summed E-state index contributed by atoms with van der Waals surface area (Å²) < 4.78 is 37.5. The predicted molar refractivity (Wildman–Crippen MR) is 110 cm³/mol. The third-order valence-corrected chi connectivity index (χ3v) is 5.67. The van der Waals surface area contributed by atoms with E-state index < -0.39 is 15.9 Å². The first-order valence-electron chi connectivity index (χ1n) is 8.33. The maximum Gasteiger partial charge on any atom is 0.262 e. The van der Waals surface area contributed by atoms with Gasteiger partial charge in [-0.05, 0) is 54.6 Å². The highest BCUT2D eigenvalue weighted by Crippen LogP contribution is 2.27. The molecule has 10 heteroatoms. The van der Waals surface area contributed by atoms with Crippen LogP contribution in [-0.4, -0.2) is 20.9 Å². The summed E-state index contributed by atoms with van der Waals surface area (Å²) in [5.41, 5.74) is 0.422. The number of carbonyl (C=O) groups excluding carboxylic acids is 1. The Labute approximate surface area is 177 Å². The number of halogens is 2. The van der Waals surface area contributed by atoms with Gasteiger partial charge in [0.25, 0.3) is 5.91 Å². The molecule has 0 radical (unpaired) electrons. The number of hydrogen-bond donors (Lipinski definition) is 2. The number of nitrogens with one attached hydrogen (secondary N) is 2. The second-order valence-corrected chi connectivity index (χ2v) is 8.45. The van der Waals surface area contributed by atoms with Crippen LogP contribution in [0.3, 0.4) is 0 Å². The summed E-state index contributed by atoms with van der Waals surface area (Å²) in [5, 5.41) is 3.36. The highest BCUT2D eigenvalue weighted by atomic mass is 35.5. The molecule has 0 spiro atoms. The molecule has 1 aromatic heterocycles. The van der Waals surface area contributed by atoms with Crippen LogP contribution in [0.2, 0.25) is 10.0 Å². The number of hydrogen-bond acceptors (Lipinski definition) is 5. The van der Waals surface area contributed by atoms with Gasteiger partial charge in [0.1, 0.15) is 11.5 Å². The molecule has 0 aliphatic rings. The van der Waals surface area contributed by atoms with Crippen LogP contribution >= 0.6 is 23.2 Å². The predicted octanol–water partition coefficient (Wildman–Crippen LogP) is 4.08. The summed E-state index contributed by atoms with van der Waals surface area (Å²) in [4.78, 5) is 12.1. The fraction of sp³-hybridized carbons (Fsp3) is 0.105. The topological polar surface area (TPSA) is 97.6 Å². The molecule has 2 aromatic carbocycles. The van der Waals surface area contributed by atoms with Crippen LogP contribution in [0.15, 0.2) is 70.2 Å². The number of benzene rings is 2. The SMILES string of the molecule is O=C(COc1ccc(Cl)cc1Cl)Nc1ccc(S(=O)(=O)NCc2ccco2)cc1. The first kappa shape index (κ1) is 21.2. The molecule has 0 saturated heterocycles. The second-order valence-electron chi connectivity index (χ2n) is 5.84. The van der Waals surface area contributed by atoms with Gasteiger partial charge >= 0.3 is 0 Å². The molecule has 0 atom stereocenters. The van der Waals surface area contributed by atoms with E-state index in [1.165, 1.54) is 36.6 Å². The van der Waals surface area contributed by atoms with E-state index in [2.05, 4.69) is 10.0 Å². The molecular formula is C19H16Cl2N2O5S. The van der Waals surface area contributed by atoms with Gasteiger partial charge < -0.3 is 14.5 Å². The normalized spacial score (nSPS) is 11.2. The molecule has 1 heterocycles. The van der Waals surface area contributed by atoms with E-state index in [1.807, 2.05) is 0 Å². The molecular weight excluding hydrogens is 439 g/mol. The van der Waals surface area contributed by atoms with Crippen molar-refractivity contribution in [2.24, 2.45) is 0 Å². The maximum absolute atomic E-state index is 12.3. The van der Waals surface area contributed by atoms with E-state index in [1.54, 1.807) is 24.3 Å². The van der Waals surface area contributed by atoms with Crippen molar-refractivity contribution < 1.29 is 22.4 Å². The Morgan fingerprint density at radius 2 is 1.83 bits per heavy atom. The van der Waals surface area contributed by atoms with Gasteiger partial charge in [0, 0.05) is 10.7 Å². The van der Waals surface area contributed by atoms with Gasteiger partial charge in [0.15, 0.2) is 6.61 Å². The standard InChI is InChI=1S/C19H16Cl2N2O5S/c20-13-3-8-18(17(21)10-13)28-12-19(24)23-14-4-6-16(7-5-14)29(25,26)22-11-15-2-1-9-27-15/h1-10,22H,11-12H2,(H,23,24). The highest BCUT2D eigenvalue weighted by Gasteiger charge is 2.15. The van der Waals surface area contributed by atoms with Gasteiger partial charge in [-0.1, -0.05) is 23.2 Å². The van der Waals surface area contributed by atoms with Crippen LogP contribution in [0.1, 0.15) is 5.76 Å². The number of furan rings is 1. The minimum atomic E-state index is -3.71. The van der Waals surface area contributed by atoms with Crippen LogP contribution in [0.25, 0.3) is 0 Å². The van der Waals surface area contributed by atoms with E-state index >= 15 is 0 Å². The summed E-state index contributed by atoms with van der Waals surface area (Å²) in [7, 11) is -3.71. The molecule has 29 heavy (non-hydrogen) atoms. The van der Waals surface area contributed by atoms with Crippen molar-refractivity contribution in [2.45, 2.75) is 11.4 Å². The van der Waals surface area contributed by atoms with E-state index in [0.717, 1.165) is 0 Å². The Hall–Kier alpha value is -2.52. The summed E-state index contributed by atoms with van der Waals surface area (Å²) >= 11 is 11.8. The minimum absolute atomic E-state index is 0.0401. The average molecular weight is 455 g/mol. The van der Waals surface area contributed by atoms with Crippen molar-refractivity contribution in [3.63, 3.8) is 0 Å². The zero-order valence-corrected chi connectivity index (χ0v) is 17.2. The highest BCUT2D eigenvalue weighted by molar-refractivity contribution is 7.89. The third-order valence-electron chi connectivity index (χ3n) is 3.72. The lowest BCUT2D eigenvalue weighted by Crippen LogP contribution is -2.23. The van der Waals surface area contributed by atoms with Gasteiger partial charge in [-0.25, -0.2) is 13.1 Å². The molecule has 3 aromatic rings. The lowest BCUT2D eigenvalue weighted by atomic mass is 10.3. The summed E-state index contributed by atoms with van der Waals surface area (Å²) in [6, 6.07) is 13.7.